The normalized spacial score (nSPS) is 38.4. The average molecular weight is 306 g/mol. The molecular formula is C14H22N6O2. The van der Waals surface area contributed by atoms with Crippen LogP contribution in [0, 0.1) is 11.8 Å². The Morgan fingerprint density at radius 2 is 1.32 bits per heavy atom. The number of rotatable bonds is 8. The van der Waals surface area contributed by atoms with Gasteiger partial charge < -0.3 is 9.47 Å². The van der Waals surface area contributed by atoms with Gasteiger partial charge in [0.25, 0.3) is 0 Å². The molecule has 4 bridgehead atoms. The van der Waals surface area contributed by atoms with Crippen molar-refractivity contribution in [3.05, 3.63) is 20.9 Å². The van der Waals surface area contributed by atoms with E-state index in [9.17, 15) is 0 Å². The number of hydrogen-bond acceptors (Lipinski definition) is 4. The summed E-state index contributed by atoms with van der Waals surface area (Å²) in [4.78, 5) is 5.54. The quantitative estimate of drug-likeness (QED) is 0.294. The van der Waals surface area contributed by atoms with Gasteiger partial charge in [0.05, 0.1) is 24.4 Å². The van der Waals surface area contributed by atoms with Crippen LogP contribution in [0.4, 0.5) is 0 Å². The molecule has 0 aromatic heterocycles. The van der Waals surface area contributed by atoms with E-state index in [1.54, 1.807) is 0 Å². The van der Waals surface area contributed by atoms with Gasteiger partial charge in [-0.1, -0.05) is 10.2 Å². The maximum atomic E-state index is 8.36. The van der Waals surface area contributed by atoms with Crippen LogP contribution in [0.1, 0.15) is 38.5 Å². The van der Waals surface area contributed by atoms with Crippen molar-refractivity contribution in [2.45, 2.75) is 49.7 Å². The summed E-state index contributed by atoms with van der Waals surface area (Å²) in [6, 6.07) is 0. The molecule has 0 aromatic rings. The Morgan fingerprint density at radius 1 is 0.864 bits per heavy atom. The summed E-state index contributed by atoms with van der Waals surface area (Å²) in [5, 5.41) is 7.11. The van der Waals surface area contributed by atoms with Gasteiger partial charge in [0.2, 0.25) is 0 Å². The van der Waals surface area contributed by atoms with Crippen molar-refractivity contribution in [3.8, 4) is 0 Å². The fraction of sp³-hybridized carbons (Fsp3) is 1.00. The molecule has 8 heteroatoms. The van der Waals surface area contributed by atoms with Crippen LogP contribution in [0.2, 0.25) is 0 Å². The van der Waals surface area contributed by atoms with E-state index in [2.05, 4.69) is 20.1 Å². The van der Waals surface area contributed by atoms with Crippen LogP contribution in [0.25, 0.3) is 20.9 Å². The zero-order chi connectivity index (χ0) is 15.5. The van der Waals surface area contributed by atoms with Crippen molar-refractivity contribution in [3.63, 3.8) is 0 Å². The summed E-state index contributed by atoms with van der Waals surface area (Å²) in [7, 11) is 0. The summed E-state index contributed by atoms with van der Waals surface area (Å²) in [6.45, 7) is 1.74. The third-order valence-electron chi connectivity index (χ3n) is 5.28. The lowest BCUT2D eigenvalue weighted by Crippen LogP contribution is -2.61. The molecule has 0 radical (unpaired) electrons. The summed E-state index contributed by atoms with van der Waals surface area (Å²) in [5.74, 6) is 1.33. The highest BCUT2D eigenvalue weighted by Crippen LogP contribution is 2.60. The van der Waals surface area contributed by atoms with E-state index in [4.69, 9.17) is 20.5 Å². The molecule has 8 nitrogen and oxygen atoms in total. The predicted octanol–water partition coefficient (Wildman–Crippen LogP) is 3.73. The maximum Gasteiger partial charge on any atom is 0.0715 e. The molecule has 22 heavy (non-hydrogen) atoms. The van der Waals surface area contributed by atoms with Crippen molar-refractivity contribution in [1.29, 1.82) is 0 Å². The molecule has 0 amide bonds. The fourth-order valence-electron chi connectivity index (χ4n) is 5.13. The lowest BCUT2D eigenvalue weighted by molar-refractivity contribution is -0.235. The predicted molar refractivity (Wildman–Crippen MR) is 80.1 cm³/mol. The Labute approximate surface area is 129 Å². The monoisotopic (exact) mass is 306 g/mol. The van der Waals surface area contributed by atoms with Crippen molar-refractivity contribution >= 4 is 0 Å². The number of azide groups is 2. The van der Waals surface area contributed by atoms with E-state index in [-0.39, 0.29) is 11.2 Å². The minimum Gasteiger partial charge on any atom is -0.375 e. The summed E-state index contributed by atoms with van der Waals surface area (Å²) < 4.78 is 12.3. The molecule has 0 N–H and O–H groups in total. The first-order valence-corrected chi connectivity index (χ1v) is 7.99. The summed E-state index contributed by atoms with van der Waals surface area (Å²) >= 11 is 0. The molecule has 0 unspecified atom stereocenters. The van der Waals surface area contributed by atoms with E-state index >= 15 is 0 Å². The Bertz CT molecular complexity index is 455. The molecule has 0 atom stereocenters. The van der Waals surface area contributed by atoms with Crippen LogP contribution in [-0.4, -0.2) is 37.5 Å². The van der Waals surface area contributed by atoms with E-state index in [1.165, 1.54) is 6.42 Å². The molecule has 0 saturated heterocycles. The average Bonchev–Trinajstić information content (AvgIpc) is 2.47. The van der Waals surface area contributed by atoms with Crippen LogP contribution in [-0.2, 0) is 9.47 Å². The first-order chi connectivity index (χ1) is 10.7. The molecule has 4 fully saturated rings. The van der Waals surface area contributed by atoms with E-state index in [1.807, 2.05) is 0 Å². The molecule has 0 heterocycles. The van der Waals surface area contributed by atoms with Crippen LogP contribution in [0.5, 0.6) is 0 Å². The summed E-state index contributed by atoms with van der Waals surface area (Å²) in [6.07, 6.45) is 6.59. The minimum absolute atomic E-state index is 0.104. The topological polar surface area (TPSA) is 116 Å². The van der Waals surface area contributed by atoms with Crippen molar-refractivity contribution < 1.29 is 9.47 Å². The number of nitrogens with zero attached hydrogens (tertiary/aromatic N) is 6. The summed E-state index contributed by atoms with van der Waals surface area (Å²) in [5.41, 5.74) is 16.5. The van der Waals surface area contributed by atoms with Gasteiger partial charge in [-0.2, -0.15) is 0 Å². The Kier molecular flexibility index (Phi) is 4.45. The van der Waals surface area contributed by atoms with E-state index in [0.717, 1.165) is 32.1 Å². The largest absolute Gasteiger partial charge is 0.375 e. The number of ether oxygens (including phenoxy) is 2. The first kappa shape index (κ1) is 15.4. The van der Waals surface area contributed by atoms with E-state index in [0.29, 0.717) is 38.1 Å². The number of hydrogen-bond donors (Lipinski definition) is 0. The maximum absolute atomic E-state index is 8.36. The molecule has 0 aromatic carbocycles. The van der Waals surface area contributed by atoms with Gasteiger partial charge in [-0.05, 0) is 55.0 Å². The van der Waals surface area contributed by atoms with Crippen LogP contribution in [0.15, 0.2) is 10.2 Å². The van der Waals surface area contributed by atoms with Gasteiger partial charge in [0.15, 0.2) is 0 Å². The molecule has 4 saturated carbocycles. The minimum atomic E-state index is -0.104. The van der Waals surface area contributed by atoms with Gasteiger partial charge >= 0.3 is 0 Å². The van der Waals surface area contributed by atoms with Gasteiger partial charge in [0.1, 0.15) is 0 Å². The highest BCUT2D eigenvalue weighted by atomic mass is 16.5. The Hall–Kier alpha value is -1.46. The third kappa shape index (κ3) is 3.15. The Morgan fingerprint density at radius 3 is 1.73 bits per heavy atom. The van der Waals surface area contributed by atoms with Gasteiger partial charge in [-0.15, -0.1) is 0 Å². The highest BCUT2D eigenvalue weighted by molar-refractivity contribution is 5.10. The standard InChI is InChI=1S/C14H22N6O2/c15-19-17-1-3-21-13-6-11-5-12(7-13)9-14(8-11,10-13)22-4-2-18-20-16/h11-12H,1-10H2. The molecule has 4 rings (SSSR count). The third-order valence-corrected chi connectivity index (χ3v) is 5.28. The zero-order valence-electron chi connectivity index (χ0n) is 12.7. The van der Waals surface area contributed by atoms with Gasteiger partial charge in [-0.25, -0.2) is 0 Å². The molecular weight excluding hydrogens is 284 g/mol. The second kappa shape index (κ2) is 6.34. The smallest absolute Gasteiger partial charge is 0.0715 e. The molecule has 120 valence electrons. The highest BCUT2D eigenvalue weighted by Gasteiger charge is 2.59. The zero-order valence-corrected chi connectivity index (χ0v) is 12.7. The van der Waals surface area contributed by atoms with Gasteiger partial charge in [-0.3, -0.25) is 0 Å². The van der Waals surface area contributed by atoms with E-state index < -0.39 is 0 Å². The van der Waals surface area contributed by atoms with Crippen molar-refractivity contribution in [2.24, 2.45) is 22.1 Å². The molecule has 0 aliphatic heterocycles. The van der Waals surface area contributed by atoms with Gasteiger partial charge in [0, 0.05) is 29.3 Å². The van der Waals surface area contributed by atoms with Crippen molar-refractivity contribution in [2.75, 3.05) is 26.3 Å². The van der Waals surface area contributed by atoms with Crippen LogP contribution < -0.4 is 0 Å². The fourth-order valence-corrected chi connectivity index (χ4v) is 5.13. The Balaban J connectivity index is 1.64. The molecule has 0 spiro atoms. The second-order valence-electron chi connectivity index (χ2n) is 6.93. The second-order valence-corrected chi connectivity index (χ2v) is 6.93. The lowest BCUT2D eigenvalue weighted by Gasteiger charge is -2.61. The van der Waals surface area contributed by atoms with Crippen LogP contribution >= 0.6 is 0 Å². The lowest BCUT2D eigenvalue weighted by atomic mass is 9.52. The first-order valence-electron chi connectivity index (χ1n) is 7.99. The molecule has 4 aliphatic rings. The molecule has 4 aliphatic carbocycles. The van der Waals surface area contributed by atoms with Crippen LogP contribution in [0.3, 0.4) is 0 Å². The SMILES string of the molecule is [N-]=[N+]=NCCOC12CC3CC(C1)CC(OCCN=[N+]=[N-])(C3)C2. The van der Waals surface area contributed by atoms with Crippen molar-refractivity contribution in [1.82, 2.24) is 0 Å².